The van der Waals surface area contributed by atoms with E-state index in [4.69, 9.17) is 10.9 Å². The van der Waals surface area contributed by atoms with Crippen molar-refractivity contribution in [1.82, 2.24) is 0 Å². The molecular formula is C15H23N3OS. The van der Waals surface area contributed by atoms with E-state index in [1.165, 1.54) is 32.1 Å². The first-order chi connectivity index (χ1) is 9.77. The minimum atomic E-state index is 0.201. The van der Waals surface area contributed by atoms with Crippen molar-refractivity contribution in [3.8, 4) is 0 Å². The van der Waals surface area contributed by atoms with Gasteiger partial charge < -0.3 is 15.8 Å². The van der Waals surface area contributed by atoms with Gasteiger partial charge in [-0.25, -0.2) is 0 Å². The predicted molar refractivity (Wildman–Crippen MR) is 86.0 cm³/mol. The van der Waals surface area contributed by atoms with E-state index in [9.17, 15) is 0 Å². The third-order valence-electron chi connectivity index (χ3n) is 3.78. The Bertz CT molecular complexity index is 468. The Morgan fingerprint density at radius 2 is 1.85 bits per heavy atom. The molecule has 1 heterocycles. The van der Waals surface area contributed by atoms with Crippen molar-refractivity contribution in [3.05, 3.63) is 23.8 Å². The Hall–Kier alpha value is -1.36. The van der Waals surface area contributed by atoms with Crippen molar-refractivity contribution >= 4 is 23.3 Å². The summed E-state index contributed by atoms with van der Waals surface area (Å²) in [6.45, 7) is 2.09. The van der Waals surface area contributed by atoms with Gasteiger partial charge in [0.05, 0.1) is 5.56 Å². The third kappa shape index (κ3) is 3.39. The molecule has 3 N–H and O–H groups in total. The van der Waals surface area contributed by atoms with Gasteiger partial charge in [0.2, 0.25) is 0 Å². The fraction of sp³-hybridized carbons (Fsp3) is 0.533. The maximum atomic E-state index is 9.07. The highest BCUT2D eigenvalue weighted by Gasteiger charge is 2.18. The van der Waals surface area contributed by atoms with E-state index >= 15 is 0 Å². The molecule has 1 aromatic rings. The Balaban J connectivity index is 2.38. The molecule has 0 unspecified atom stereocenters. The highest BCUT2D eigenvalue weighted by Crippen LogP contribution is 2.30. The van der Waals surface area contributed by atoms with E-state index in [0.29, 0.717) is 0 Å². The van der Waals surface area contributed by atoms with Crippen LogP contribution in [0.1, 0.15) is 37.7 Å². The van der Waals surface area contributed by atoms with Crippen molar-refractivity contribution in [2.45, 2.75) is 37.0 Å². The van der Waals surface area contributed by atoms with Gasteiger partial charge in [0.15, 0.2) is 5.84 Å². The number of nitrogens with two attached hydrogens (primary N) is 1. The number of nitrogens with zero attached hydrogens (tertiary/aromatic N) is 2. The second-order valence-electron chi connectivity index (χ2n) is 5.09. The third-order valence-corrected chi connectivity index (χ3v) is 4.56. The van der Waals surface area contributed by atoms with Gasteiger partial charge in [-0.3, -0.25) is 0 Å². The second kappa shape index (κ2) is 7.43. The van der Waals surface area contributed by atoms with Crippen molar-refractivity contribution < 1.29 is 5.21 Å². The van der Waals surface area contributed by atoms with Crippen molar-refractivity contribution in [2.75, 3.05) is 24.2 Å². The van der Waals surface area contributed by atoms with Crippen LogP contribution < -0.4 is 10.6 Å². The van der Waals surface area contributed by atoms with Gasteiger partial charge in [0.1, 0.15) is 0 Å². The number of amidine groups is 1. The highest BCUT2D eigenvalue weighted by atomic mass is 32.2. The number of hydrogen-bond donors (Lipinski definition) is 2. The van der Waals surface area contributed by atoms with Gasteiger partial charge in [0, 0.05) is 23.7 Å². The molecule has 0 bridgehead atoms. The minimum Gasteiger partial charge on any atom is -0.409 e. The molecule has 1 aliphatic rings. The van der Waals surface area contributed by atoms with Gasteiger partial charge in [-0.05, 0) is 31.2 Å². The fourth-order valence-electron chi connectivity index (χ4n) is 2.75. The van der Waals surface area contributed by atoms with E-state index < -0.39 is 0 Å². The van der Waals surface area contributed by atoms with Crippen molar-refractivity contribution in [2.24, 2.45) is 10.9 Å². The molecule has 20 heavy (non-hydrogen) atoms. The fourth-order valence-corrected chi connectivity index (χ4v) is 3.38. The molecule has 1 aliphatic heterocycles. The number of benzene rings is 1. The number of hydrogen-bond acceptors (Lipinski definition) is 4. The van der Waals surface area contributed by atoms with Crippen LogP contribution in [0.5, 0.6) is 0 Å². The molecule has 1 fully saturated rings. The highest BCUT2D eigenvalue weighted by molar-refractivity contribution is 7.98. The van der Waals surface area contributed by atoms with E-state index in [-0.39, 0.29) is 5.84 Å². The van der Waals surface area contributed by atoms with E-state index in [0.717, 1.165) is 29.2 Å². The average molecular weight is 293 g/mol. The molecule has 0 amide bonds. The Kier molecular flexibility index (Phi) is 5.59. The molecule has 110 valence electrons. The normalized spacial score (nSPS) is 17.6. The summed E-state index contributed by atoms with van der Waals surface area (Å²) in [6, 6.07) is 6.15. The maximum absolute atomic E-state index is 9.07. The van der Waals surface area contributed by atoms with Crippen LogP contribution in [0.4, 0.5) is 5.69 Å². The lowest BCUT2D eigenvalue weighted by Gasteiger charge is -2.29. The van der Waals surface area contributed by atoms with Gasteiger partial charge in [-0.1, -0.05) is 30.5 Å². The maximum Gasteiger partial charge on any atom is 0.173 e. The van der Waals surface area contributed by atoms with Crippen LogP contribution in [0.15, 0.2) is 28.3 Å². The van der Waals surface area contributed by atoms with Crippen LogP contribution in [0.3, 0.4) is 0 Å². The number of thioether (sulfide) groups is 1. The van der Waals surface area contributed by atoms with Crippen molar-refractivity contribution in [3.63, 3.8) is 0 Å². The van der Waals surface area contributed by atoms with Crippen molar-refractivity contribution in [1.29, 1.82) is 0 Å². The molecule has 2 rings (SSSR count). The van der Waals surface area contributed by atoms with Gasteiger partial charge in [-0.2, -0.15) is 0 Å². The molecule has 0 spiro atoms. The topological polar surface area (TPSA) is 61.8 Å². The monoisotopic (exact) mass is 293 g/mol. The molecular weight excluding hydrogens is 270 g/mol. The molecule has 5 heteroatoms. The molecule has 1 aromatic carbocycles. The number of rotatable bonds is 3. The van der Waals surface area contributed by atoms with E-state index in [2.05, 4.69) is 16.1 Å². The summed E-state index contributed by atoms with van der Waals surface area (Å²) in [4.78, 5) is 3.44. The first-order valence-electron chi connectivity index (χ1n) is 7.17. The summed E-state index contributed by atoms with van der Waals surface area (Å²) in [6.07, 6.45) is 8.35. The molecule has 4 nitrogen and oxygen atoms in total. The zero-order valence-electron chi connectivity index (χ0n) is 12.0. The standard InChI is InChI=1S/C15H23N3OS/c1-20-13-9-7-8-12(14(13)15(16)17-19)18-10-5-3-2-4-6-11-18/h7-9,19H,2-6,10-11H2,1H3,(H2,16,17). The minimum absolute atomic E-state index is 0.201. The summed E-state index contributed by atoms with van der Waals surface area (Å²) < 4.78 is 0. The summed E-state index contributed by atoms with van der Waals surface area (Å²) >= 11 is 1.63. The smallest absolute Gasteiger partial charge is 0.173 e. The predicted octanol–water partition coefficient (Wildman–Crippen LogP) is 3.27. The number of anilines is 1. The average Bonchev–Trinajstić information content (AvgIpc) is 2.45. The zero-order chi connectivity index (χ0) is 14.4. The first-order valence-corrected chi connectivity index (χ1v) is 8.40. The van der Waals surface area contributed by atoms with Gasteiger partial charge >= 0.3 is 0 Å². The van der Waals surface area contributed by atoms with Crippen LogP contribution in [0.25, 0.3) is 0 Å². The lowest BCUT2D eigenvalue weighted by Crippen LogP contribution is -2.30. The van der Waals surface area contributed by atoms with E-state index in [1.807, 2.05) is 18.4 Å². The van der Waals surface area contributed by atoms with Crippen LogP contribution in [-0.4, -0.2) is 30.4 Å². The summed E-state index contributed by atoms with van der Waals surface area (Å²) in [5.74, 6) is 0.201. The number of oxime groups is 1. The lowest BCUT2D eigenvalue weighted by atomic mass is 10.1. The summed E-state index contributed by atoms with van der Waals surface area (Å²) in [5.41, 5.74) is 7.86. The van der Waals surface area contributed by atoms with Gasteiger partial charge in [0.25, 0.3) is 0 Å². The molecule has 0 atom stereocenters. The summed E-state index contributed by atoms with van der Waals surface area (Å²) in [5, 5.41) is 12.3. The zero-order valence-corrected chi connectivity index (χ0v) is 12.8. The Morgan fingerprint density at radius 3 is 2.45 bits per heavy atom. The Labute approximate surface area is 125 Å². The van der Waals surface area contributed by atoms with Crippen LogP contribution >= 0.6 is 11.8 Å². The van der Waals surface area contributed by atoms with Crippen LogP contribution in [0.2, 0.25) is 0 Å². The van der Waals surface area contributed by atoms with Crippen LogP contribution in [-0.2, 0) is 0 Å². The molecule has 0 aliphatic carbocycles. The second-order valence-corrected chi connectivity index (χ2v) is 5.94. The molecule has 0 aromatic heterocycles. The van der Waals surface area contributed by atoms with Crippen LogP contribution in [0, 0.1) is 0 Å². The summed E-state index contributed by atoms with van der Waals surface area (Å²) in [7, 11) is 0. The quantitative estimate of drug-likeness (QED) is 0.295. The molecule has 0 saturated carbocycles. The SMILES string of the molecule is CSc1cccc(N2CCCCCCC2)c1/C(N)=N/O. The van der Waals surface area contributed by atoms with E-state index in [1.54, 1.807) is 11.8 Å². The molecule has 1 saturated heterocycles. The molecule has 0 radical (unpaired) electrons. The first kappa shape index (κ1) is 15.0. The Morgan fingerprint density at radius 1 is 1.20 bits per heavy atom. The largest absolute Gasteiger partial charge is 0.409 e. The van der Waals surface area contributed by atoms with Gasteiger partial charge in [-0.15, -0.1) is 11.8 Å². The lowest BCUT2D eigenvalue weighted by molar-refractivity contribution is 0.318.